The molecule has 142 valence electrons. The van der Waals surface area contributed by atoms with Crippen LogP contribution in [0.3, 0.4) is 0 Å². The second-order valence-corrected chi connectivity index (χ2v) is 9.00. The third-order valence-electron chi connectivity index (χ3n) is 3.89. The third-order valence-corrected chi connectivity index (χ3v) is 5.70. The molecule has 2 N–H and O–H groups in total. The summed E-state index contributed by atoms with van der Waals surface area (Å²) in [7, 11) is -1.94. The van der Waals surface area contributed by atoms with E-state index in [4.69, 9.17) is 0 Å². The van der Waals surface area contributed by atoms with E-state index in [1.807, 2.05) is 20.9 Å². The number of aryl methyl sites for hydroxylation is 2. The number of carbonyl (C=O) groups is 1. The van der Waals surface area contributed by atoms with E-state index in [1.165, 1.54) is 6.07 Å². The summed E-state index contributed by atoms with van der Waals surface area (Å²) in [5, 5.41) is 7.02. The predicted molar refractivity (Wildman–Crippen MR) is 102 cm³/mol. The molecule has 0 aliphatic heterocycles. The Morgan fingerprint density at radius 1 is 1.19 bits per heavy atom. The maximum absolute atomic E-state index is 12.6. The van der Waals surface area contributed by atoms with Crippen LogP contribution < -0.4 is 10.0 Å². The molecule has 0 fully saturated rings. The van der Waals surface area contributed by atoms with Crippen LogP contribution in [-0.4, -0.2) is 29.6 Å². The molecule has 1 aromatic heterocycles. The molecule has 8 heteroatoms. The third kappa shape index (κ3) is 4.70. The van der Waals surface area contributed by atoms with Crippen molar-refractivity contribution in [2.45, 2.75) is 51.5 Å². The van der Waals surface area contributed by atoms with Crippen molar-refractivity contribution in [1.82, 2.24) is 14.5 Å². The number of para-hydroxylation sites is 1. The molecule has 0 aliphatic rings. The van der Waals surface area contributed by atoms with Crippen molar-refractivity contribution in [2.75, 3.05) is 5.32 Å². The van der Waals surface area contributed by atoms with E-state index < -0.39 is 15.6 Å². The average molecular weight is 378 g/mol. The van der Waals surface area contributed by atoms with E-state index in [0.29, 0.717) is 0 Å². The number of carbonyl (C=O) groups excluding carboxylic acids is 1. The first-order valence-corrected chi connectivity index (χ1v) is 9.81. The Hall–Kier alpha value is -2.19. The first-order valence-electron chi connectivity index (χ1n) is 8.32. The van der Waals surface area contributed by atoms with Crippen molar-refractivity contribution in [3.63, 3.8) is 0 Å². The molecular formula is C18H26N4O3S. The monoisotopic (exact) mass is 378 g/mol. The molecule has 2 rings (SSSR count). The summed E-state index contributed by atoms with van der Waals surface area (Å²) in [6.07, 6.45) is 0.132. The van der Waals surface area contributed by atoms with Gasteiger partial charge in [0, 0.05) is 23.8 Å². The average Bonchev–Trinajstić information content (AvgIpc) is 2.71. The van der Waals surface area contributed by atoms with Gasteiger partial charge in [-0.3, -0.25) is 9.48 Å². The van der Waals surface area contributed by atoms with Crippen molar-refractivity contribution in [3.8, 4) is 0 Å². The maximum Gasteiger partial charge on any atom is 0.243 e. The fourth-order valence-electron chi connectivity index (χ4n) is 2.69. The summed E-state index contributed by atoms with van der Waals surface area (Å²) >= 11 is 0. The Bertz CT molecular complexity index is 924. The van der Waals surface area contributed by atoms with Gasteiger partial charge in [-0.25, -0.2) is 13.1 Å². The minimum Gasteiger partial charge on any atom is -0.325 e. The lowest BCUT2D eigenvalue weighted by Gasteiger charge is -2.21. The molecule has 0 bridgehead atoms. The second kappa shape index (κ2) is 7.20. The van der Waals surface area contributed by atoms with Gasteiger partial charge in [0.2, 0.25) is 15.9 Å². The number of hydrogen-bond donors (Lipinski definition) is 2. The van der Waals surface area contributed by atoms with Gasteiger partial charge in [0.25, 0.3) is 0 Å². The van der Waals surface area contributed by atoms with Gasteiger partial charge in [0.1, 0.15) is 4.90 Å². The lowest BCUT2D eigenvalue weighted by atomic mass is 10.1. The maximum atomic E-state index is 12.6. The summed E-state index contributed by atoms with van der Waals surface area (Å²) in [5.41, 5.74) is 2.18. The van der Waals surface area contributed by atoms with Crippen LogP contribution in [0.15, 0.2) is 29.2 Å². The van der Waals surface area contributed by atoms with E-state index >= 15 is 0 Å². The van der Waals surface area contributed by atoms with Crippen LogP contribution >= 0.6 is 0 Å². The highest BCUT2D eigenvalue weighted by atomic mass is 32.2. The molecule has 0 unspecified atom stereocenters. The molecule has 1 amide bonds. The van der Waals surface area contributed by atoms with Gasteiger partial charge in [-0.1, -0.05) is 12.1 Å². The van der Waals surface area contributed by atoms with Crippen LogP contribution in [-0.2, 0) is 28.3 Å². The summed E-state index contributed by atoms with van der Waals surface area (Å²) in [4.78, 5) is 12.5. The fraction of sp³-hybridized carbons (Fsp3) is 0.444. The summed E-state index contributed by atoms with van der Waals surface area (Å²) in [5.74, 6) is -0.289. The van der Waals surface area contributed by atoms with E-state index in [0.717, 1.165) is 17.0 Å². The Kier molecular flexibility index (Phi) is 5.58. The highest BCUT2D eigenvalue weighted by molar-refractivity contribution is 7.89. The molecule has 0 saturated heterocycles. The number of hydrogen-bond acceptors (Lipinski definition) is 4. The second-order valence-electron chi connectivity index (χ2n) is 7.35. The summed E-state index contributed by atoms with van der Waals surface area (Å²) < 4.78 is 29.6. The zero-order valence-corrected chi connectivity index (χ0v) is 16.9. The number of amides is 1. The Labute approximate surface area is 154 Å². The largest absolute Gasteiger partial charge is 0.325 e. The smallest absolute Gasteiger partial charge is 0.243 e. The molecule has 0 saturated carbocycles. The number of nitrogens with one attached hydrogen (secondary N) is 2. The van der Waals surface area contributed by atoms with Crippen LogP contribution in [0.2, 0.25) is 0 Å². The van der Waals surface area contributed by atoms with E-state index in [-0.39, 0.29) is 22.9 Å². The quantitative estimate of drug-likeness (QED) is 0.835. The van der Waals surface area contributed by atoms with Crippen molar-refractivity contribution < 1.29 is 13.2 Å². The van der Waals surface area contributed by atoms with Crippen molar-refractivity contribution in [1.29, 1.82) is 0 Å². The molecule has 0 spiro atoms. The molecule has 1 heterocycles. The molecular weight excluding hydrogens is 352 g/mol. The van der Waals surface area contributed by atoms with Gasteiger partial charge >= 0.3 is 0 Å². The zero-order valence-electron chi connectivity index (χ0n) is 16.0. The first kappa shape index (κ1) is 20.1. The van der Waals surface area contributed by atoms with Crippen LogP contribution in [0, 0.1) is 13.8 Å². The Morgan fingerprint density at radius 3 is 2.35 bits per heavy atom. The highest BCUT2D eigenvalue weighted by Gasteiger charge is 2.25. The van der Waals surface area contributed by atoms with Gasteiger partial charge < -0.3 is 5.32 Å². The van der Waals surface area contributed by atoms with Crippen LogP contribution in [0.1, 0.15) is 37.7 Å². The molecule has 0 radical (unpaired) electrons. The molecule has 0 aliphatic carbocycles. The van der Waals surface area contributed by atoms with Gasteiger partial charge in [-0.2, -0.15) is 5.10 Å². The van der Waals surface area contributed by atoms with Crippen LogP contribution in [0.5, 0.6) is 0 Å². The van der Waals surface area contributed by atoms with Crippen LogP contribution in [0.4, 0.5) is 5.69 Å². The zero-order chi connectivity index (χ0) is 19.7. The Morgan fingerprint density at radius 2 is 1.81 bits per heavy atom. The minimum absolute atomic E-state index is 0.0444. The summed E-state index contributed by atoms with van der Waals surface area (Å²) in [6, 6.07) is 6.37. The number of nitrogens with zero attached hydrogens (tertiary/aromatic N) is 2. The van der Waals surface area contributed by atoms with E-state index in [2.05, 4.69) is 15.1 Å². The number of benzene rings is 1. The van der Waals surface area contributed by atoms with Crippen LogP contribution in [0.25, 0.3) is 0 Å². The summed E-state index contributed by atoms with van der Waals surface area (Å²) in [6.45, 7) is 9.04. The standard InChI is InChI=1S/C18H26N4O3S/c1-12-14(13(2)22(6)20-12)11-17(23)19-15-9-7-8-10-16(15)26(24,25)21-18(3,4)5/h7-10,21H,11H2,1-6H3,(H,19,23). The molecule has 7 nitrogen and oxygen atoms in total. The Balaban J connectivity index is 2.27. The molecule has 26 heavy (non-hydrogen) atoms. The van der Waals surface area contributed by atoms with Gasteiger partial charge in [-0.15, -0.1) is 0 Å². The highest BCUT2D eigenvalue weighted by Crippen LogP contribution is 2.23. The van der Waals surface area contributed by atoms with Crippen molar-refractivity contribution in [2.24, 2.45) is 7.05 Å². The van der Waals surface area contributed by atoms with Gasteiger partial charge in [0.05, 0.1) is 17.8 Å². The predicted octanol–water partition coefficient (Wildman–Crippen LogP) is 2.29. The van der Waals surface area contributed by atoms with Gasteiger partial charge in [-0.05, 0) is 46.8 Å². The number of anilines is 1. The number of sulfonamides is 1. The van der Waals surface area contributed by atoms with Gasteiger partial charge in [0.15, 0.2) is 0 Å². The molecule has 2 aromatic rings. The van der Waals surface area contributed by atoms with Crippen molar-refractivity contribution >= 4 is 21.6 Å². The van der Waals surface area contributed by atoms with E-state index in [1.54, 1.807) is 43.7 Å². The number of rotatable bonds is 5. The fourth-order valence-corrected chi connectivity index (χ4v) is 4.27. The first-order chi connectivity index (χ1) is 11.9. The van der Waals surface area contributed by atoms with Crippen molar-refractivity contribution in [3.05, 3.63) is 41.2 Å². The SMILES string of the molecule is Cc1nn(C)c(C)c1CC(=O)Nc1ccccc1S(=O)(=O)NC(C)(C)C. The molecule has 1 aromatic carbocycles. The normalized spacial score (nSPS) is 12.2. The molecule has 0 atom stereocenters. The lowest BCUT2D eigenvalue weighted by Crippen LogP contribution is -2.40. The topological polar surface area (TPSA) is 93.1 Å². The minimum atomic E-state index is -3.76. The lowest BCUT2D eigenvalue weighted by molar-refractivity contribution is -0.115. The number of aromatic nitrogens is 2. The van der Waals surface area contributed by atoms with E-state index in [9.17, 15) is 13.2 Å².